The molecule has 0 aliphatic rings. The molecule has 0 spiro atoms. The van der Waals surface area contributed by atoms with E-state index in [2.05, 4.69) is 27.4 Å². The first kappa shape index (κ1) is 9.93. The highest BCUT2D eigenvalue weighted by Crippen LogP contribution is 2.06. The van der Waals surface area contributed by atoms with Crippen molar-refractivity contribution in [3.8, 4) is 0 Å². The second-order valence-electron chi connectivity index (χ2n) is 3.55. The molecule has 0 saturated carbocycles. The van der Waals surface area contributed by atoms with Crippen LogP contribution >= 0.6 is 0 Å². The highest BCUT2D eigenvalue weighted by molar-refractivity contribution is 5.19. The molecule has 0 bridgehead atoms. The Bertz CT molecular complexity index is 406. The van der Waals surface area contributed by atoms with Gasteiger partial charge in [-0.2, -0.15) is 0 Å². The molecule has 0 saturated heterocycles. The van der Waals surface area contributed by atoms with Crippen molar-refractivity contribution in [1.82, 2.24) is 15.3 Å². The van der Waals surface area contributed by atoms with Crippen LogP contribution in [0.25, 0.3) is 0 Å². The van der Waals surface area contributed by atoms with Gasteiger partial charge >= 0.3 is 0 Å². The molecular formula is C12H15N3. The summed E-state index contributed by atoms with van der Waals surface area (Å²) in [5, 5.41) is 3.09. The quantitative estimate of drug-likeness (QED) is 0.790. The van der Waals surface area contributed by atoms with Crippen LogP contribution in [0.1, 0.15) is 17.1 Å². The molecule has 1 heterocycles. The normalized spacial score (nSPS) is 10.5. The number of hydrogen-bond donors (Lipinski definition) is 2. The molecule has 0 fully saturated rings. The van der Waals surface area contributed by atoms with Crippen LogP contribution in [0.15, 0.2) is 36.5 Å². The number of nitrogens with one attached hydrogen (secondary N) is 2. The van der Waals surface area contributed by atoms with Gasteiger partial charge in [0.05, 0.1) is 0 Å². The lowest BCUT2D eigenvalue weighted by Crippen LogP contribution is -2.05. The maximum atomic E-state index is 4.33. The van der Waals surface area contributed by atoms with E-state index in [1.165, 1.54) is 5.56 Å². The fourth-order valence-electron chi connectivity index (χ4n) is 1.57. The predicted octanol–water partition coefficient (Wildman–Crippen LogP) is 1.72. The average Bonchev–Trinajstić information content (AvgIpc) is 2.68. The largest absolute Gasteiger partial charge is 0.345 e. The number of aromatic nitrogens is 2. The van der Waals surface area contributed by atoms with E-state index in [4.69, 9.17) is 0 Å². The van der Waals surface area contributed by atoms with Crippen molar-refractivity contribution in [3.63, 3.8) is 0 Å². The third-order valence-corrected chi connectivity index (χ3v) is 2.26. The standard InChI is InChI=1S/C12H15N3/c1-13-8-11-9-14-12(15-11)7-10-5-3-2-4-6-10/h2-6,9,13H,7-8H2,1H3,(H,14,15). The summed E-state index contributed by atoms with van der Waals surface area (Å²) in [6.45, 7) is 0.835. The molecule has 0 aliphatic heterocycles. The number of benzene rings is 1. The van der Waals surface area contributed by atoms with E-state index >= 15 is 0 Å². The number of rotatable bonds is 4. The Morgan fingerprint density at radius 3 is 2.80 bits per heavy atom. The smallest absolute Gasteiger partial charge is 0.110 e. The Morgan fingerprint density at radius 1 is 1.27 bits per heavy atom. The monoisotopic (exact) mass is 201 g/mol. The van der Waals surface area contributed by atoms with Gasteiger partial charge in [0, 0.05) is 24.9 Å². The summed E-state index contributed by atoms with van der Waals surface area (Å²) in [6, 6.07) is 10.3. The Morgan fingerprint density at radius 2 is 2.07 bits per heavy atom. The van der Waals surface area contributed by atoms with E-state index in [0.29, 0.717) is 0 Å². The van der Waals surface area contributed by atoms with E-state index in [1.54, 1.807) is 0 Å². The summed E-state index contributed by atoms with van der Waals surface area (Å²) in [7, 11) is 1.93. The first-order chi connectivity index (χ1) is 7.38. The van der Waals surface area contributed by atoms with Gasteiger partial charge in [0.1, 0.15) is 5.82 Å². The van der Waals surface area contributed by atoms with Crippen LogP contribution in [0.3, 0.4) is 0 Å². The molecule has 0 amide bonds. The zero-order valence-electron chi connectivity index (χ0n) is 8.83. The summed E-state index contributed by atoms with van der Waals surface area (Å²) in [5.74, 6) is 1.02. The second-order valence-corrected chi connectivity index (χ2v) is 3.55. The third-order valence-electron chi connectivity index (χ3n) is 2.26. The molecule has 0 atom stereocenters. The number of aromatic amines is 1. The van der Waals surface area contributed by atoms with Gasteiger partial charge in [-0.3, -0.25) is 0 Å². The lowest BCUT2D eigenvalue weighted by molar-refractivity contribution is 0.793. The van der Waals surface area contributed by atoms with Crippen molar-refractivity contribution < 1.29 is 0 Å². The molecule has 3 nitrogen and oxygen atoms in total. The van der Waals surface area contributed by atoms with Crippen LogP contribution in [-0.2, 0) is 13.0 Å². The Hall–Kier alpha value is -1.61. The van der Waals surface area contributed by atoms with E-state index in [-0.39, 0.29) is 0 Å². The molecule has 3 heteroatoms. The SMILES string of the molecule is CNCc1cnc(Cc2ccccc2)[nH]1. The van der Waals surface area contributed by atoms with Crippen molar-refractivity contribution >= 4 is 0 Å². The minimum Gasteiger partial charge on any atom is -0.345 e. The lowest BCUT2D eigenvalue weighted by atomic mass is 10.1. The Balaban J connectivity index is 2.05. The van der Waals surface area contributed by atoms with Crippen LogP contribution in [0.4, 0.5) is 0 Å². The summed E-state index contributed by atoms with van der Waals surface area (Å²) < 4.78 is 0. The second kappa shape index (κ2) is 4.75. The fourth-order valence-corrected chi connectivity index (χ4v) is 1.57. The summed E-state index contributed by atoms with van der Waals surface area (Å²) in [5.41, 5.74) is 2.41. The van der Waals surface area contributed by atoms with Gasteiger partial charge in [-0.05, 0) is 12.6 Å². The Labute approximate surface area is 89.6 Å². The van der Waals surface area contributed by atoms with Gasteiger partial charge in [0.25, 0.3) is 0 Å². The molecule has 2 aromatic rings. The van der Waals surface area contributed by atoms with Gasteiger partial charge in [-0.25, -0.2) is 4.98 Å². The van der Waals surface area contributed by atoms with Crippen molar-refractivity contribution in [2.45, 2.75) is 13.0 Å². The van der Waals surface area contributed by atoms with E-state index in [0.717, 1.165) is 24.5 Å². The van der Waals surface area contributed by atoms with Gasteiger partial charge < -0.3 is 10.3 Å². The molecule has 2 rings (SSSR count). The minimum absolute atomic E-state index is 0.835. The van der Waals surface area contributed by atoms with Crippen LogP contribution in [0, 0.1) is 0 Å². The Kier molecular flexibility index (Phi) is 3.15. The summed E-state index contributed by atoms with van der Waals surface area (Å²) >= 11 is 0. The molecule has 0 unspecified atom stereocenters. The van der Waals surface area contributed by atoms with Crippen molar-refractivity contribution in [3.05, 3.63) is 53.6 Å². The molecular weight excluding hydrogens is 186 g/mol. The molecule has 78 valence electrons. The topological polar surface area (TPSA) is 40.7 Å². The summed E-state index contributed by atoms with van der Waals surface area (Å²) in [4.78, 5) is 7.62. The highest BCUT2D eigenvalue weighted by atomic mass is 14.9. The van der Waals surface area contributed by atoms with Crippen molar-refractivity contribution in [2.24, 2.45) is 0 Å². The number of imidazole rings is 1. The van der Waals surface area contributed by atoms with Gasteiger partial charge in [-0.15, -0.1) is 0 Å². The van der Waals surface area contributed by atoms with Crippen LogP contribution in [-0.4, -0.2) is 17.0 Å². The number of H-pyrrole nitrogens is 1. The van der Waals surface area contributed by atoms with E-state index < -0.39 is 0 Å². The average molecular weight is 201 g/mol. The molecule has 0 radical (unpaired) electrons. The van der Waals surface area contributed by atoms with Crippen LogP contribution in [0.5, 0.6) is 0 Å². The lowest BCUT2D eigenvalue weighted by Gasteiger charge is -1.97. The number of hydrogen-bond acceptors (Lipinski definition) is 2. The maximum absolute atomic E-state index is 4.33. The van der Waals surface area contributed by atoms with Gasteiger partial charge in [0.2, 0.25) is 0 Å². The van der Waals surface area contributed by atoms with E-state index in [1.807, 2.05) is 31.4 Å². The molecule has 2 N–H and O–H groups in total. The third kappa shape index (κ3) is 2.67. The van der Waals surface area contributed by atoms with Crippen molar-refractivity contribution in [2.75, 3.05) is 7.05 Å². The predicted molar refractivity (Wildman–Crippen MR) is 60.6 cm³/mol. The maximum Gasteiger partial charge on any atom is 0.110 e. The van der Waals surface area contributed by atoms with Crippen molar-refractivity contribution in [1.29, 1.82) is 0 Å². The zero-order valence-corrected chi connectivity index (χ0v) is 8.83. The number of nitrogens with zero attached hydrogens (tertiary/aromatic N) is 1. The first-order valence-electron chi connectivity index (χ1n) is 5.10. The van der Waals surface area contributed by atoms with Crippen LogP contribution < -0.4 is 5.32 Å². The highest BCUT2D eigenvalue weighted by Gasteiger charge is 2.00. The molecule has 1 aromatic heterocycles. The van der Waals surface area contributed by atoms with Gasteiger partial charge in [0.15, 0.2) is 0 Å². The fraction of sp³-hybridized carbons (Fsp3) is 0.250. The minimum atomic E-state index is 0.835. The zero-order chi connectivity index (χ0) is 10.5. The van der Waals surface area contributed by atoms with Gasteiger partial charge in [-0.1, -0.05) is 30.3 Å². The first-order valence-corrected chi connectivity index (χ1v) is 5.10. The van der Waals surface area contributed by atoms with E-state index in [9.17, 15) is 0 Å². The molecule has 15 heavy (non-hydrogen) atoms. The molecule has 0 aliphatic carbocycles. The van der Waals surface area contributed by atoms with Crippen LogP contribution in [0.2, 0.25) is 0 Å². The summed E-state index contributed by atoms with van der Waals surface area (Å²) in [6.07, 6.45) is 2.75. The molecule has 1 aromatic carbocycles.